The van der Waals surface area contributed by atoms with E-state index in [0.29, 0.717) is 19.4 Å². The predicted octanol–water partition coefficient (Wildman–Crippen LogP) is 3.38. The molecule has 5 N–H and O–H groups in total. The van der Waals surface area contributed by atoms with Crippen LogP contribution in [-0.2, 0) is 21.1 Å². The lowest BCUT2D eigenvalue weighted by Gasteiger charge is -2.29. The molecule has 1 heterocycles. The summed E-state index contributed by atoms with van der Waals surface area (Å²) in [5.74, 6) is -0.120. The number of hydrogen-bond acceptors (Lipinski definition) is 6. The van der Waals surface area contributed by atoms with Crippen LogP contribution in [0, 0.1) is 13.8 Å². The summed E-state index contributed by atoms with van der Waals surface area (Å²) in [4.78, 5) is 13.4. The Morgan fingerprint density at radius 2 is 1.76 bits per heavy atom. The number of benzene rings is 3. The molecule has 1 aliphatic heterocycles. The standard InChI is InChI=1S/C26H29N3O4S/c1-16-12-18(30)13-17(2)21(16)15-23(27)26(31)29-25-10-11-28-24-9-8-20(14-22(24)25)34(32,33)19-6-4-3-5-7-19/h3-9,12-14,23,25,28,30H,10-11,15,27H2,1-2H3,(H,29,31)/t23-,25+/m0/s1. The van der Waals surface area contributed by atoms with Crippen molar-refractivity contribution >= 4 is 21.4 Å². The Kier molecular flexibility index (Phi) is 6.63. The van der Waals surface area contributed by atoms with Crippen LogP contribution in [0.25, 0.3) is 0 Å². The topological polar surface area (TPSA) is 122 Å². The smallest absolute Gasteiger partial charge is 0.237 e. The molecule has 178 valence electrons. The number of fused-ring (bicyclic) bond motifs is 1. The largest absolute Gasteiger partial charge is 0.508 e. The second kappa shape index (κ2) is 9.48. The molecule has 0 saturated heterocycles. The quantitative estimate of drug-likeness (QED) is 0.430. The van der Waals surface area contributed by atoms with Gasteiger partial charge in [-0.15, -0.1) is 0 Å². The predicted molar refractivity (Wildman–Crippen MR) is 132 cm³/mol. The van der Waals surface area contributed by atoms with E-state index >= 15 is 0 Å². The van der Waals surface area contributed by atoms with Gasteiger partial charge < -0.3 is 21.5 Å². The summed E-state index contributed by atoms with van der Waals surface area (Å²) in [6, 6.07) is 15.4. The fourth-order valence-electron chi connectivity index (χ4n) is 4.43. The van der Waals surface area contributed by atoms with Crippen LogP contribution in [0.5, 0.6) is 5.75 Å². The molecular formula is C26H29N3O4S. The van der Waals surface area contributed by atoms with Gasteiger partial charge in [0, 0.05) is 12.2 Å². The van der Waals surface area contributed by atoms with Gasteiger partial charge in [-0.2, -0.15) is 0 Å². The van der Waals surface area contributed by atoms with Crippen molar-refractivity contribution in [2.24, 2.45) is 5.73 Å². The molecule has 1 amide bonds. The molecule has 0 fully saturated rings. The molecule has 0 radical (unpaired) electrons. The molecular weight excluding hydrogens is 450 g/mol. The van der Waals surface area contributed by atoms with Gasteiger partial charge in [0.05, 0.1) is 21.9 Å². The van der Waals surface area contributed by atoms with Crippen LogP contribution >= 0.6 is 0 Å². The lowest BCUT2D eigenvalue weighted by atomic mass is 9.94. The number of amides is 1. The van der Waals surface area contributed by atoms with E-state index < -0.39 is 15.9 Å². The zero-order valence-corrected chi connectivity index (χ0v) is 20.0. The number of sulfone groups is 1. The van der Waals surface area contributed by atoms with E-state index in [-0.39, 0.29) is 27.5 Å². The molecule has 0 spiro atoms. The van der Waals surface area contributed by atoms with Gasteiger partial charge in [0.1, 0.15) is 5.75 Å². The van der Waals surface area contributed by atoms with Gasteiger partial charge in [0.2, 0.25) is 15.7 Å². The van der Waals surface area contributed by atoms with E-state index in [1.165, 1.54) is 0 Å². The second-order valence-corrected chi connectivity index (χ2v) is 10.7. The monoisotopic (exact) mass is 479 g/mol. The van der Waals surface area contributed by atoms with E-state index in [4.69, 9.17) is 5.73 Å². The van der Waals surface area contributed by atoms with Crippen LogP contribution < -0.4 is 16.4 Å². The van der Waals surface area contributed by atoms with Crippen molar-refractivity contribution in [1.82, 2.24) is 5.32 Å². The van der Waals surface area contributed by atoms with E-state index in [1.54, 1.807) is 60.7 Å². The highest BCUT2D eigenvalue weighted by molar-refractivity contribution is 7.91. The third-order valence-corrected chi connectivity index (χ3v) is 8.04. The zero-order chi connectivity index (χ0) is 24.5. The summed E-state index contributed by atoms with van der Waals surface area (Å²) >= 11 is 0. The summed E-state index contributed by atoms with van der Waals surface area (Å²) in [5, 5.41) is 16.1. The second-order valence-electron chi connectivity index (χ2n) is 8.71. The molecule has 7 nitrogen and oxygen atoms in total. The number of phenols is 1. The summed E-state index contributed by atoms with van der Waals surface area (Å²) in [5.41, 5.74) is 10.5. The average Bonchev–Trinajstić information content (AvgIpc) is 2.81. The summed E-state index contributed by atoms with van der Waals surface area (Å²) in [7, 11) is -3.68. The van der Waals surface area contributed by atoms with Crippen molar-refractivity contribution in [2.75, 3.05) is 11.9 Å². The first-order valence-electron chi connectivity index (χ1n) is 11.2. The maximum absolute atomic E-state index is 13.1. The minimum absolute atomic E-state index is 0.181. The van der Waals surface area contributed by atoms with Gasteiger partial charge in [-0.3, -0.25) is 4.79 Å². The summed E-state index contributed by atoms with van der Waals surface area (Å²) in [6.45, 7) is 4.41. The highest BCUT2D eigenvalue weighted by atomic mass is 32.2. The van der Waals surface area contributed by atoms with Crippen LogP contribution in [0.3, 0.4) is 0 Å². The third kappa shape index (κ3) is 4.78. The number of nitrogens with one attached hydrogen (secondary N) is 2. The lowest BCUT2D eigenvalue weighted by Crippen LogP contribution is -2.44. The van der Waals surface area contributed by atoms with Crippen molar-refractivity contribution in [3.8, 4) is 5.75 Å². The van der Waals surface area contributed by atoms with Gasteiger partial charge in [-0.05, 0) is 91.4 Å². The molecule has 8 heteroatoms. The zero-order valence-electron chi connectivity index (χ0n) is 19.2. The molecule has 4 rings (SSSR count). The third-order valence-electron chi connectivity index (χ3n) is 6.27. The number of carbonyl (C=O) groups excluding carboxylic acids is 1. The Labute approximate surface area is 199 Å². The number of hydrogen-bond donors (Lipinski definition) is 4. The van der Waals surface area contributed by atoms with Crippen LogP contribution in [0.4, 0.5) is 5.69 Å². The number of aromatic hydroxyl groups is 1. The van der Waals surface area contributed by atoms with Gasteiger partial charge in [-0.25, -0.2) is 8.42 Å². The Morgan fingerprint density at radius 1 is 1.09 bits per heavy atom. The fraction of sp³-hybridized carbons (Fsp3) is 0.269. The van der Waals surface area contributed by atoms with Crippen LogP contribution in [0.1, 0.15) is 34.7 Å². The van der Waals surface area contributed by atoms with E-state index in [1.807, 2.05) is 13.8 Å². The van der Waals surface area contributed by atoms with Crippen molar-refractivity contribution in [1.29, 1.82) is 0 Å². The number of nitrogens with two attached hydrogens (primary N) is 1. The Morgan fingerprint density at radius 3 is 2.44 bits per heavy atom. The first kappa shape index (κ1) is 23.8. The molecule has 0 saturated carbocycles. The Hall–Kier alpha value is -3.36. The summed E-state index contributed by atoms with van der Waals surface area (Å²) < 4.78 is 26.2. The SMILES string of the molecule is Cc1cc(O)cc(C)c1C[C@H](N)C(=O)N[C@@H]1CCNc2ccc(S(=O)(=O)c3ccccc3)cc21. The number of phenolic OH excluding ortho intramolecular Hbond substituents is 1. The van der Waals surface area contributed by atoms with Crippen molar-refractivity contribution < 1.29 is 18.3 Å². The molecule has 0 aromatic heterocycles. The Balaban J connectivity index is 1.56. The van der Waals surface area contributed by atoms with Crippen LogP contribution in [-0.4, -0.2) is 32.0 Å². The average molecular weight is 480 g/mol. The maximum Gasteiger partial charge on any atom is 0.237 e. The molecule has 0 bridgehead atoms. The lowest BCUT2D eigenvalue weighted by molar-refractivity contribution is -0.123. The van der Waals surface area contributed by atoms with Gasteiger partial charge >= 0.3 is 0 Å². The van der Waals surface area contributed by atoms with Crippen molar-refractivity contribution in [3.05, 3.63) is 82.9 Å². The van der Waals surface area contributed by atoms with Gasteiger partial charge in [0.15, 0.2) is 0 Å². The molecule has 34 heavy (non-hydrogen) atoms. The van der Waals surface area contributed by atoms with E-state index in [2.05, 4.69) is 10.6 Å². The normalized spacial score (nSPS) is 16.3. The number of rotatable bonds is 6. The molecule has 0 aliphatic carbocycles. The minimum atomic E-state index is -3.68. The summed E-state index contributed by atoms with van der Waals surface area (Å²) in [6.07, 6.45) is 0.946. The van der Waals surface area contributed by atoms with E-state index in [9.17, 15) is 18.3 Å². The number of anilines is 1. The molecule has 2 atom stereocenters. The van der Waals surface area contributed by atoms with Crippen molar-refractivity contribution in [2.45, 2.75) is 48.6 Å². The minimum Gasteiger partial charge on any atom is -0.508 e. The van der Waals surface area contributed by atoms with Gasteiger partial charge in [-0.1, -0.05) is 18.2 Å². The molecule has 3 aromatic rings. The molecule has 1 aliphatic rings. The number of aryl methyl sites for hydroxylation is 2. The van der Waals surface area contributed by atoms with Crippen LogP contribution in [0.2, 0.25) is 0 Å². The van der Waals surface area contributed by atoms with Crippen LogP contribution in [0.15, 0.2) is 70.5 Å². The maximum atomic E-state index is 13.1. The molecule has 3 aromatic carbocycles. The Bertz CT molecular complexity index is 1300. The first-order valence-corrected chi connectivity index (χ1v) is 12.7. The molecule has 0 unspecified atom stereocenters. The van der Waals surface area contributed by atoms with Gasteiger partial charge in [0.25, 0.3) is 0 Å². The highest BCUT2D eigenvalue weighted by Crippen LogP contribution is 2.33. The highest BCUT2D eigenvalue weighted by Gasteiger charge is 2.27. The number of carbonyl (C=O) groups is 1. The van der Waals surface area contributed by atoms with Crippen molar-refractivity contribution in [3.63, 3.8) is 0 Å². The first-order chi connectivity index (χ1) is 16.2. The fourth-order valence-corrected chi connectivity index (χ4v) is 5.75. The van der Waals surface area contributed by atoms with E-state index in [0.717, 1.165) is 27.9 Å².